The van der Waals surface area contributed by atoms with Crippen molar-refractivity contribution >= 4 is 55.8 Å². The molecule has 0 fully saturated rings. The second-order valence-electron chi connectivity index (χ2n) is 7.92. The van der Waals surface area contributed by atoms with Gasteiger partial charge in [0.2, 0.25) is 11.8 Å². The molecule has 184 valence electrons. The quantitative estimate of drug-likeness (QED) is 0.225. The first-order valence-electron chi connectivity index (χ1n) is 11.7. The molecule has 0 saturated heterocycles. The van der Waals surface area contributed by atoms with E-state index in [4.69, 9.17) is 0 Å². The zero-order valence-corrected chi connectivity index (χ0v) is 21.6. The van der Waals surface area contributed by atoms with Crippen molar-refractivity contribution in [3.8, 4) is 0 Å². The molecule has 0 aliphatic carbocycles. The van der Waals surface area contributed by atoms with Crippen molar-refractivity contribution in [1.29, 1.82) is 0 Å². The molecule has 35 heavy (non-hydrogen) atoms. The predicted molar refractivity (Wildman–Crippen MR) is 145 cm³/mol. The summed E-state index contributed by atoms with van der Waals surface area (Å²) in [4.78, 5) is 35.3. The van der Waals surface area contributed by atoms with Gasteiger partial charge in [-0.3, -0.25) is 9.59 Å². The Kier molecular flexibility index (Phi) is 10.2. The molecular weight excluding hydrogens is 508 g/mol. The Morgan fingerprint density at radius 3 is 2.66 bits per heavy atom. The highest BCUT2D eigenvalue weighted by Crippen LogP contribution is 2.26. The topological polar surface area (TPSA) is 99.3 Å². The van der Waals surface area contributed by atoms with Crippen LogP contribution in [0.4, 0.5) is 17.2 Å². The zero-order chi connectivity index (χ0) is 25.0. The van der Waals surface area contributed by atoms with Crippen molar-refractivity contribution in [2.24, 2.45) is 0 Å². The van der Waals surface area contributed by atoms with Gasteiger partial charge in [-0.1, -0.05) is 41.9 Å². The van der Waals surface area contributed by atoms with E-state index in [0.29, 0.717) is 18.1 Å². The van der Waals surface area contributed by atoms with Crippen LogP contribution in [0.3, 0.4) is 0 Å². The van der Waals surface area contributed by atoms with Gasteiger partial charge in [0.15, 0.2) is 0 Å². The van der Waals surface area contributed by atoms with Gasteiger partial charge < -0.3 is 20.9 Å². The minimum atomic E-state index is -0.308. The highest BCUT2D eigenvalue weighted by Gasteiger charge is 2.07. The average molecular weight is 539 g/mol. The van der Waals surface area contributed by atoms with Crippen molar-refractivity contribution in [2.45, 2.75) is 26.7 Å². The van der Waals surface area contributed by atoms with Gasteiger partial charge in [0, 0.05) is 34.2 Å². The molecule has 3 rings (SSSR count). The van der Waals surface area contributed by atoms with Gasteiger partial charge in [-0.2, -0.15) is 0 Å². The lowest BCUT2D eigenvalue weighted by atomic mass is 10.2. The molecule has 2 amide bonds. The fraction of sp³-hybridized carbons (Fsp3) is 0.308. The normalized spacial score (nSPS) is 11.2. The third kappa shape index (κ3) is 8.45. The fourth-order valence-electron chi connectivity index (χ4n) is 3.54. The van der Waals surface area contributed by atoms with Crippen LogP contribution < -0.4 is 16.0 Å². The molecule has 8 nitrogen and oxygen atoms in total. The molecule has 0 aliphatic heterocycles. The van der Waals surface area contributed by atoms with Crippen molar-refractivity contribution < 1.29 is 9.59 Å². The molecular formula is C26H31BrN6O2. The lowest BCUT2D eigenvalue weighted by Gasteiger charge is -2.17. The molecule has 3 N–H and O–H groups in total. The van der Waals surface area contributed by atoms with E-state index in [1.807, 2.05) is 36.4 Å². The first kappa shape index (κ1) is 26.3. The van der Waals surface area contributed by atoms with Crippen LogP contribution in [0.1, 0.15) is 26.7 Å². The SMILES string of the molecule is CCN(CC)CCCNC(=O)C/C=C/C(=O)Nc1ccc2ncnc(Nc3cccc(Br)c3)c2c1. The third-order valence-corrected chi connectivity index (χ3v) is 5.92. The number of anilines is 3. The molecule has 0 bridgehead atoms. The number of nitrogens with zero attached hydrogens (tertiary/aromatic N) is 3. The van der Waals surface area contributed by atoms with E-state index in [0.717, 1.165) is 47.1 Å². The molecule has 1 heterocycles. The summed E-state index contributed by atoms with van der Waals surface area (Å²) in [5.74, 6) is 0.231. The molecule has 3 aromatic rings. The maximum Gasteiger partial charge on any atom is 0.248 e. The number of benzene rings is 2. The van der Waals surface area contributed by atoms with Crippen LogP contribution in [0.25, 0.3) is 10.9 Å². The molecule has 0 saturated carbocycles. The number of aromatic nitrogens is 2. The number of carbonyl (C=O) groups excluding carboxylic acids is 2. The molecule has 0 unspecified atom stereocenters. The maximum atomic E-state index is 12.4. The average Bonchev–Trinajstić information content (AvgIpc) is 2.84. The van der Waals surface area contributed by atoms with Crippen molar-refractivity contribution in [2.75, 3.05) is 36.8 Å². The van der Waals surface area contributed by atoms with Crippen LogP contribution in [0, 0.1) is 0 Å². The highest BCUT2D eigenvalue weighted by atomic mass is 79.9. The van der Waals surface area contributed by atoms with Gasteiger partial charge in [-0.25, -0.2) is 9.97 Å². The molecule has 0 atom stereocenters. The number of nitrogens with one attached hydrogen (secondary N) is 3. The van der Waals surface area contributed by atoms with Crippen molar-refractivity contribution in [3.63, 3.8) is 0 Å². The molecule has 9 heteroatoms. The lowest BCUT2D eigenvalue weighted by Crippen LogP contribution is -2.29. The maximum absolute atomic E-state index is 12.4. The van der Waals surface area contributed by atoms with E-state index < -0.39 is 0 Å². The first-order valence-corrected chi connectivity index (χ1v) is 12.5. The zero-order valence-electron chi connectivity index (χ0n) is 20.1. The third-order valence-electron chi connectivity index (χ3n) is 5.43. The van der Waals surface area contributed by atoms with Crippen LogP contribution >= 0.6 is 15.9 Å². The molecule has 1 aromatic heterocycles. The van der Waals surface area contributed by atoms with Crippen LogP contribution in [-0.4, -0.2) is 52.9 Å². The second-order valence-corrected chi connectivity index (χ2v) is 8.83. The predicted octanol–water partition coefficient (Wildman–Crippen LogP) is 4.87. The summed E-state index contributed by atoms with van der Waals surface area (Å²) in [5.41, 5.74) is 2.24. The fourth-order valence-corrected chi connectivity index (χ4v) is 3.94. The highest BCUT2D eigenvalue weighted by molar-refractivity contribution is 9.10. The molecule has 2 aromatic carbocycles. The molecule has 0 spiro atoms. The van der Waals surface area contributed by atoms with Gasteiger partial charge in [0.1, 0.15) is 12.1 Å². The van der Waals surface area contributed by atoms with Gasteiger partial charge in [-0.15, -0.1) is 0 Å². The first-order chi connectivity index (χ1) is 17.0. The number of fused-ring (bicyclic) bond motifs is 1. The van der Waals surface area contributed by atoms with Gasteiger partial charge in [-0.05, 0) is 68.5 Å². The Morgan fingerprint density at radius 2 is 1.89 bits per heavy atom. The Labute approximate surface area is 214 Å². The summed E-state index contributed by atoms with van der Waals surface area (Å²) in [5, 5.41) is 9.79. The summed E-state index contributed by atoms with van der Waals surface area (Å²) in [6, 6.07) is 13.2. The van der Waals surface area contributed by atoms with E-state index in [2.05, 4.69) is 60.6 Å². The Bertz CT molecular complexity index is 1180. The number of carbonyl (C=O) groups is 2. The number of hydrogen-bond acceptors (Lipinski definition) is 6. The van der Waals surface area contributed by atoms with Crippen LogP contribution in [0.15, 0.2) is 65.4 Å². The minimum absolute atomic E-state index is 0.0975. The van der Waals surface area contributed by atoms with Crippen LogP contribution in [0.5, 0.6) is 0 Å². The van der Waals surface area contributed by atoms with Gasteiger partial charge in [0.25, 0.3) is 0 Å². The van der Waals surface area contributed by atoms with Crippen molar-refractivity contribution in [1.82, 2.24) is 20.2 Å². The number of hydrogen-bond donors (Lipinski definition) is 3. The Hall–Kier alpha value is -3.30. The number of rotatable bonds is 12. The Balaban J connectivity index is 1.53. The van der Waals surface area contributed by atoms with E-state index in [-0.39, 0.29) is 18.2 Å². The summed E-state index contributed by atoms with van der Waals surface area (Å²) in [6.07, 6.45) is 5.51. The second kappa shape index (κ2) is 13.6. The van der Waals surface area contributed by atoms with Crippen molar-refractivity contribution in [3.05, 3.63) is 65.4 Å². The molecule has 0 radical (unpaired) electrons. The van der Waals surface area contributed by atoms with E-state index in [1.54, 1.807) is 12.1 Å². The van der Waals surface area contributed by atoms with E-state index in [1.165, 1.54) is 12.4 Å². The summed E-state index contributed by atoms with van der Waals surface area (Å²) < 4.78 is 0.953. The van der Waals surface area contributed by atoms with E-state index in [9.17, 15) is 9.59 Å². The number of amides is 2. The summed E-state index contributed by atoms with van der Waals surface area (Å²) in [6.45, 7) is 7.87. The van der Waals surface area contributed by atoms with Gasteiger partial charge >= 0.3 is 0 Å². The summed E-state index contributed by atoms with van der Waals surface area (Å²) in [7, 11) is 0. The smallest absolute Gasteiger partial charge is 0.248 e. The monoisotopic (exact) mass is 538 g/mol. The van der Waals surface area contributed by atoms with Crippen LogP contribution in [0.2, 0.25) is 0 Å². The summed E-state index contributed by atoms with van der Waals surface area (Å²) >= 11 is 3.47. The largest absolute Gasteiger partial charge is 0.356 e. The van der Waals surface area contributed by atoms with Crippen LogP contribution in [-0.2, 0) is 9.59 Å². The molecule has 0 aliphatic rings. The number of halogens is 1. The standard InChI is InChI=1S/C26H31BrN6O2/c1-3-33(4-2)15-7-14-28-24(34)10-6-11-25(35)31-21-12-13-23-22(17-21)26(30-18-29-23)32-20-9-5-8-19(27)16-20/h5-6,8-9,11-13,16-18H,3-4,7,10,14-15H2,1-2H3,(H,28,34)(H,31,35)(H,29,30,32)/b11-6+. The van der Waals surface area contributed by atoms with E-state index >= 15 is 0 Å². The minimum Gasteiger partial charge on any atom is -0.356 e. The Morgan fingerprint density at radius 1 is 1.06 bits per heavy atom. The van der Waals surface area contributed by atoms with Gasteiger partial charge in [0.05, 0.1) is 5.52 Å². The lowest BCUT2D eigenvalue weighted by molar-refractivity contribution is -0.120.